The first-order valence-electron chi connectivity index (χ1n) is 5.47. The van der Waals surface area contributed by atoms with Crippen LogP contribution in [0.15, 0.2) is 42.6 Å². The van der Waals surface area contributed by atoms with Gasteiger partial charge < -0.3 is 0 Å². The van der Waals surface area contributed by atoms with E-state index in [1.54, 1.807) is 0 Å². The molecule has 0 aliphatic carbocycles. The standard InChI is InChI=1S/C14H13Cl2N/c1-10-6-7-11(17-9-10)8-14(16)12-4-2-3-5-13(12)15/h2-7,9,14H,8H2,1H3. The minimum atomic E-state index is -0.140. The van der Waals surface area contributed by atoms with Crippen molar-refractivity contribution in [2.75, 3.05) is 0 Å². The van der Waals surface area contributed by atoms with Crippen molar-refractivity contribution in [2.45, 2.75) is 18.7 Å². The Labute approximate surface area is 111 Å². The van der Waals surface area contributed by atoms with Gasteiger partial charge in [-0.1, -0.05) is 35.9 Å². The summed E-state index contributed by atoms with van der Waals surface area (Å²) in [5, 5.41) is 0.568. The third-order valence-electron chi connectivity index (χ3n) is 2.60. The molecule has 2 aromatic rings. The van der Waals surface area contributed by atoms with Crippen molar-refractivity contribution >= 4 is 23.2 Å². The Balaban J connectivity index is 2.14. The van der Waals surface area contributed by atoms with Gasteiger partial charge in [0.2, 0.25) is 0 Å². The highest BCUT2D eigenvalue weighted by Gasteiger charge is 2.12. The van der Waals surface area contributed by atoms with Crippen molar-refractivity contribution in [3.8, 4) is 0 Å². The summed E-state index contributed by atoms with van der Waals surface area (Å²) < 4.78 is 0. The maximum atomic E-state index is 6.36. The number of rotatable bonds is 3. The van der Waals surface area contributed by atoms with Gasteiger partial charge in [-0.25, -0.2) is 0 Å². The maximum absolute atomic E-state index is 6.36. The van der Waals surface area contributed by atoms with Crippen LogP contribution in [0.3, 0.4) is 0 Å². The molecule has 1 unspecified atom stereocenters. The van der Waals surface area contributed by atoms with Crippen LogP contribution in [0.2, 0.25) is 5.02 Å². The van der Waals surface area contributed by atoms with Crippen molar-refractivity contribution < 1.29 is 0 Å². The lowest BCUT2D eigenvalue weighted by atomic mass is 10.1. The molecule has 3 heteroatoms. The van der Waals surface area contributed by atoms with E-state index in [1.807, 2.05) is 49.5 Å². The van der Waals surface area contributed by atoms with Gasteiger partial charge in [0.05, 0.1) is 5.38 Å². The summed E-state index contributed by atoms with van der Waals surface area (Å²) >= 11 is 12.5. The fourth-order valence-corrected chi connectivity index (χ4v) is 2.31. The summed E-state index contributed by atoms with van der Waals surface area (Å²) in [6.07, 6.45) is 2.54. The quantitative estimate of drug-likeness (QED) is 0.742. The maximum Gasteiger partial charge on any atom is 0.0655 e. The van der Waals surface area contributed by atoms with E-state index in [9.17, 15) is 0 Å². The van der Waals surface area contributed by atoms with E-state index in [2.05, 4.69) is 4.98 Å². The smallest absolute Gasteiger partial charge is 0.0655 e. The average Bonchev–Trinajstić information content (AvgIpc) is 2.32. The van der Waals surface area contributed by atoms with E-state index in [-0.39, 0.29) is 5.38 Å². The van der Waals surface area contributed by atoms with Crippen LogP contribution in [-0.2, 0) is 6.42 Å². The molecule has 0 amide bonds. The molecule has 1 aromatic heterocycles. The third-order valence-corrected chi connectivity index (χ3v) is 3.34. The number of halogens is 2. The lowest BCUT2D eigenvalue weighted by molar-refractivity contribution is 0.879. The predicted octanol–water partition coefficient (Wildman–Crippen LogP) is 4.57. The second-order valence-corrected chi connectivity index (χ2v) is 4.95. The van der Waals surface area contributed by atoms with Gasteiger partial charge in [0.1, 0.15) is 0 Å². The molecule has 1 aromatic carbocycles. The lowest BCUT2D eigenvalue weighted by Crippen LogP contribution is -1.99. The summed E-state index contributed by atoms with van der Waals surface area (Å²) in [5.74, 6) is 0. The molecule has 0 radical (unpaired) electrons. The van der Waals surface area contributed by atoms with Crippen LogP contribution < -0.4 is 0 Å². The molecular formula is C14H13Cl2N. The number of pyridine rings is 1. The van der Waals surface area contributed by atoms with E-state index in [0.717, 1.165) is 16.8 Å². The van der Waals surface area contributed by atoms with Gasteiger partial charge in [-0.05, 0) is 30.2 Å². The number of aryl methyl sites for hydroxylation is 1. The van der Waals surface area contributed by atoms with Crippen molar-refractivity contribution in [3.63, 3.8) is 0 Å². The summed E-state index contributed by atoms with van der Waals surface area (Å²) in [4.78, 5) is 4.35. The van der Waals surface area contributed by atoms with E-state index >= 15 is 0 Å². The highest BCUT2D eigenvalue weighted by Crippen LogP contribution is 2.29. The number of aromatic nitrogens is 1. The van der Waals surface area contributed by atoms with Crippen LogP contribution in [0.5, 0.6) is 0 Å². The van der Waals surface area contributed by atoms with E-state index < -0.39 is 0 Å². The molecule has 0 fully saturated rings. The molecule has 88 valence electrons. The number of nitrogens with zero attached hydrogens (tertiary/aromatic N) is 1. The molecule has 2 rings (SSSR count). The molecule has 0 spiro atoms. The second-order valence-electron chi connectivity index (χ2n) is 4.02. The van der Waals surface area contributed by atoms with Crippen LogP contribution in [-0.4, -0.2) is 4.98 Å². The molecule has 1 heterocycles. The minimum Gasteiger partial charge on any atom is -0.261 e. The number of hydrogen-bond acceptors (Lipinski definition) is 1. The number of hydrogen-bond donors (Lipinski definition) is 0. The van der Waals surface area contributed by atoms with Gasteiger partial charge in [0, 0.05) is 23.3 Å². The van der Waals surface area contributed by atoms with Gasteiger partial charge >= 0.3 is 0 Å². The van der Waals surface area contributed by atoms with Crippen molar-refractivity contribution in [1.29, 1.82) is 0 Å². The first kappa shape index (κ1) is 12.4. The summed E-state index contributed by atoms with van der Waals surface area (Å²) in [6, 6.07) is 11.7. The van der Waals surface area contributed by atoms with Gasteiger partial charge in [-0.15, -0.1) is 11.6 Å². The van der Waals surface area contributed by atoms with E-state index in [0.29, 0.717) is 11.4 Å². The van der Waals surface area contributed by atoms with Crippen LogP contribution >= 0.6 is 23.2 Å². The molecule has 0 N–H and O–H groups in total. The lowest BCUT2D eigenvalue weighted by Gasteiger charge is -2.11. The van der Waals surface area contributed by atoms with Crippen molar-refractivity contribution in [2.24, 2.45) is 0 Å². The second kappa shape index (κ2) is 5.52. The molecule has 0 saturated heterocycles. The molecule has 17 heavy (non-hydrogen) atoms. The molecule has 1 nitrogen and oxygen atoms in total. The fourth-order valence-electron chi connectivity index (χ4n) is 1.64. The molecule has 0 aliphatic rings. The van der Waals surface area contributed by atoms with Crippen molar-refractivity contribution in [3.05, 3.63) is 64.4 Å². The van der Waals surface area contributed by atoms with Gasteiger partial charge in [-0.2, -0.15) is 0 Å². The number of benzene rings is 1. The summed E-state index contributed by atoms with van der Waals surface area (Å²) in [5.41, 5.74) is 3.09. The first-order chi connectivity index (χ1) is 8.16. The predicted molar refractivity (Wildman–Crippen MR) is 72.7 cm³/mol. The Morgan fingerprint density at radius 1 is 1.18 bits per heavy atom. The zero-order chi connectivity index (χ0) is 12.3. The Morgan fingerprint density at radius 3 is 2.59 bits per heavy atom. The topological polar surface area (TPSA) is 12.9 Å². The Morgan fingerprint density at radius 2 is 1.94 bits per heavy atom. The largest absolute Gasteiger partial charge is 0.261 e. The Bertz CT molecular complexity index is 494. The molecule has 0 bridgehead atoms. The fraction of sp³-hybridized carbons (Fsp3) is 0.214. The summed E-state index contributed by atoms with van der Waals surface area (Å²) in [7, 11) is 0. The normalized spacial score (nSPS) is 12.4. The van der Waals surface area contributed by atoms with Crippen LogP contribution in [0.4, 0.5) is 0 Å². The zero-order valence-electron chi connectivity index (χ0n) is 9.53. The van der Waals surface area contributed by atoms with Crippen LogP contribution in [0.1, 0.15) is 22.2 Å². The van der Waals surface area contributed by atoms with E-state index in [4.69, 9.17) is 23.2 Å². The minimum absolute atomic E-state index is 0.140. The molecule has 0 saturated carbocycles. The highest BCUT2D eigenvalue weighted by molar-refractivity contribution is 6.32. The van der Waals surface area contributed by atoms with Crippen LogP contribution in [0, 0.1) is 6.92 Å². The van der Waals surface area contributed by atoms with E-state index in [1.165, 1.54) is 0 Å². The summed E-state index contributed by atoms with van der Waals surface area (Å²) in [6.45, 7) is 2.02. The van der Waals surface area contributed by atoms with Crippen molar-refractivity contribution in [1.82, 2.24) is 4.98 Å². The Hall–Kier alpha value is -1.05. The molecule has 0 aliphatic heterocycles. The third kappa shape index (κ3) is 3.21. The highest BCUT2D eigenvalue weighted by atomic mass is 35.5. The molecular weight excluding hydrogens is 253 g/mol. The monoisotopic (exact) mass is 265 g/mol. The zero-order valence-corrected chi connectivity index (χ0v) is 11.0. The van der Waals surface area contributed by atoms with Gasteiger partial charge in [0.25, 0.3) is 0 Å². The SMILES string of the molecule is Cc1ccc(CC(Cl)c2ccccc2Cl)nc1. The van der Waals surface area contributed by atoms with Gasteiger partial charge in [0.15, 0.2) is 0 Å². The first-order valence-corrected chi connectivity index (χ1v) is 6.28. The number of alkyl halides is 1. The van der Waals surface area contributed by atoms with Gasteiger partial charge in [-0.3, -0.25) is 4.98 Å². The molecule has 1 atom stereocenters. The average molecular weight is 266 g/mol. The Kier molecular flexibility index (Phi) is 4.03. The van der Waals surface area contributed by atoms with Crippen LogP contribution in [0.25, 0.3) is 0 Å².